The molecule has 0 bridgehead atoms. The first kappa shape index (κ1) is 11.6. The van der Waals surface area contributed by atoms with E-state index in [0.717, 1.165) is 17.4 Å². The smallest absolute Gasteiger partial charge is 0.336 e. The molecule has 2 aromatic rings. The lowest BCUT2D eigenvalue weighted by Crippen LogP contribution is -2.11. The standard InChI is InChI=1S/C8H7N3O4S2/c12-8(13)5-3-7(16-4-5)17(14,15)11-6-1-2-9-10-6/h1-4H,(H,12,13)(H2,9,10,11). The summed E-state index contributed by atoms with van der Waals surface area (Å²) in [5.41, 5.74) is -0.0556. The molecule has 0 aliphatic carbocycles. The summed E-state index contributed by atoms with van der Waals surface area (Å²) in [5, 5.41) is 16.0. The molecule has 0 amide bonds. The number of sulfonamides is 1. The number of aromatic amines is 1. The predicted octanol–water partition coefficient (Wildman–Crippen LogP) is 0.970. The van der Waals surface area contributed by atoms with Gasteiger partial charge in [-0.2, -0.15) is 5.10 Å². The molecule has 7 nitrogen and oxygen atoms in total. The maximum atomic E-state index is 11.8. The first-order chi connectivity index (χ1) is 7.99. The number of hydrogen-bond donors (Lipinski definition) is 3. The van der Waals surface area contributed by atoms with Crippen LogP contribution in [0.3, 0.4) is 0 Å². The number of H-pyrrole nitrogens is 1. The Morgan fingerprint density at radius 3 is 2.82 bits per heavy atom. The Morgan fingerprint density at radius 2 is 2.29 bits per heavy atom. The van der Waals surface area contributed by atoms with Gasteiger partial charge in [0.15, 0.2) is 0 Å². The van der Waals surface area contributed by atoms with Gasteiger partial charge in [-0.1, -0.05) is 0 Å². The third kappa shape index (κ3) is 2.45. The molecule has 0 fully saturated rings. The molecule has 0 aliphatic heterocycles. The van der Waals surface area contributed by atoms with Crippen LogP contribution in [0.5, 0.6) is 0 Å². The minimum Gasteiger partial charge on any atom is -0.478 e. The highest BCUT2D eigenvalue weighted by atomic mass is 32.2. The predicted molar refractivity (Wildman–Crippen MR) is 60.7 cm³/mol. The van der Waals surface area contributed by atoms with Crippen molar-refractivity contribution < 1.29 is 18.3 Å². The zero-order chi connectivity index (χ0) is 12.5. The van der Waals surface area contributed by atoms with Crippen LogP contribution in [-0.2, 0) is 10.0 Å². The van der Waals surface area contributed by atoms with E-state index in [0.29, 0.717) is 0 Å². The van der Waals surface area contributed by atoms with Gasteiger partial charge < -0.3 is 5.11 Å². The van der Waals surface area contributed by atoms with Gasteiger partial charge >= 0.3 is 5.97 Å². The third-order valence-electron chi connectivity index (χ3n) is 1.83. The van der Waals surface area contributed by atoms with Crippen molar-refractivity contribution in [2.24, 2.45) is 0 Å². The maximum absolute atomic E-state index is 11.8. The lowest BCUT2D eigenvalue weighted by Gasteiger charge is -2.01. The van der Waals surface area contributed by atoms with Gasteiger partial charge in [-0.25, -0.2) is 13.2 Å². The minimum atomic E-state index is -3.76. The Kier molecular flexibility index (Phi) is 2.86. The van der Waals surface area contributed by atoms with Crippen LogP contribution < -0.4 is 4.72 Å². The molecule has 2 aromatic heterocycles. The van der Waals surface area contributed by atoms with Crippen LogP contribution in [0.15, 0.2) is 27.9 Å². The van der Waals surface area contributed by atoms with Crippen LogP contribution in [0, 0.1) is 0 Å². The topological polar surface area (TPSA) is 112 Å². The third-order valence-corrected chi connectivity index (χ3v) is 4.64. The number of hydrogen-bond acceptors (Lipinski definition) is 5. The van der Waals surface area contributed by atoms with E-state index < -0.39 is 16.0 Å². The Bertz CT molecular complexity index is 630. The fourth-order valence-electron chi connectivity index (χ4n) is 1.08. The van der Waals surface area contributed by atoms with Crippen molar-refractivity contribution in [2.45, 2.75) is 4.21 Å². The van der Waals surface area contributed by atoms with E-state index >= 15 is 0 Å². The summed E-state index contributed by atoms with van der Waals surface area (Å²) in [7, 11) is -3.76. The molecular formula is C8H7N3O4S2. The highest BCUT2D eigenvalue weighted by molar-refractivity contribution is 7.94. The summed E-state index contributed by atoms with van der Waals surface area (Å²) in [4.78, 5) is 10.6. The second-order valence-corrected chi connectivity index (χ2v) is 5.86. The summed E-state index contributed by atoms with van der Waals surface area (Å²) in [5.74, 6) is -0.945. The number of rotatable bonds is 4. The zero-order valence-corrected chi connectivity index (χ0v) is 9.88. The Balaban J connectivity index is 2.28. The van der Waals surface area contributed by atoms with Crippen LogP contribution in [0.4, 0.5) is 5.82 Å². The monoisotopic (exact) mass is 273 g/mol. The summed E-state index contributed by atoms with van der Waals surface area (Å²) in [6, 6.07) is 2.55. The largest absolute Gasteiger partial charge is 0.478 e. The Labute approximate surface area is 100 Å². The van der Waals surface area contributed by atoms with Crippen molar-refractivity contribution in [3.05, 3.63) is 29.3 Å². The van der Waals surface area contributed by atoms with Gasteiger partial charge in [-0.15, -0.1) is 11.3 Å². The summed E-state index contributed by atoms with van der Waals surface area (Å²) in [6.45, 7) is 0. The van der Waals surface area contributed by atoms with Crippen molar-refractivity contribution in [1.82, 2.24) is 10.2 Å². The molecule has 0 aromatic carbocycles. The van der Waals surface area contributed by atoms with E-state index in [-0.39, 0.29) is 15.6 Å². The second-order valence-electron chi connectivity index (χ2n) is 3.04. The number of aromatic carboxylic acids is 1. The lowest BCUT2D eigenvalue weighted by molar-refractivity contribution is 0.0697. The SMILES string of the molecule is O=C(O)c1csc(S(=O)(=O)Nc2ccn[nH]2)c1. The van der Waals surface area contributed by atoms with Crippen molar-refractivity contribution in [3.63, 3.8) is 0 Å². The number of carboxylic acid groups (broad SMARTS) is 1. The molecule has 0 radical (unpaired) electrons. The average Bonchev–Trinajstić information content (AvgIpc) is 2.84. The summed E-state index contributed by atoms with van der Waals surface area (Å²) < 4.78 is 25.8. The van der Waals surface area contributed by atoms with Gasteiger partial charge in [-0.05, 0) is 6.07 Å². The number of carboxylic acids is 1. The molecule has 9 heteroatoms. The molecule has 0 unspecified atom stereocenters. The number of thiophene rings is 1. The minimum absolute atomic E-state index is 0.0556. The normalized spacial score (nSPS) is 11.3. The fourth-order valence-corrected chi connectivity index (χ4v) is 3.25. The number of nitrogens with one attached hydrogen (secondary N) is 2. The fraction of sp³-hybridized carbons (Fsp3) is 0. The number of aromatic nitrogens is 2. The number of carbonyl (C=O) groups is 1. The van der Waals surface area contributed by atoms with E-state index in [1.54, 1.807) is 0 Å². The van der Waals surface area contributed by atoms with E-state index in [4.69, 9.17) is 5.11 Å². The van der Waals surface area contributed by atoms with Crippen LogP contribution in [0.2, 0.25) is 0 Å². The molecule has 2 heterocycles. The molecule has 2 rings (SSSR count). The van der Waals surface area contributed by atoms with Gasteiger partial charge in [0.05, 0.1) is 11.8 Å². The summed E-state index contributed by atoms with van der Waals surface area (Å²) >= 11 is 0.841. The molecule has 17 heavy (non-hydrogen) atoms. The highest BCUT2D eigenvalue weighted by Crippen LogP contribution is 2.22. The maximum Gasteiger partial charge on any atom is 0.336 e. The van der Waals surface area contributed by atoms with Gasteiger partial charge in [0.2, 0.25) is 0 Å². The molecule has 0 atom stereocenters. The first-order valence-electron chi connectivity index (χ1n) is 4.33. The van der Waals surface area contributed by atoms with Crippen molar-refractivity contribution in [1.29, 1.82) is 0 Å². The van der Waals surface area contributed by atoms with Crippen LogP contribution in [-0.4, -0.2) is 29.7 Å². The molecule has 0 aliphatic rings. The van der Waals surface area contributed by atoms with Gasteiger partial charge in [-0.3, -0.25) is 9.82 Å². The van der Waals surface area contributed by atoms with E-state index in [2.05, 4.69) is 14.9 Å². The lowest BCUT2D eigenvalue weighted by atomic mass is 10.4. The summed E-state index contributed by atoms with van der Waals surface area (Å²) in [6.07, 6.45) is 1.40. The van der Waals surface area contributed by atoms with Gasteiger partial charge in [0, 0.05) is 11.4 Å². The van der Waals surface area contributed by atoms with E-state index in [1.165, 1.54) is 17.6 Å². The van der Waals surface area contributed by atoms with Gasteiger partial charge in [0.25, 0.3) is 10.0 Å². The number of nitrogens with zero attached hydrogens (tertiary/aromatic N) is 1. The quantitative estimate of drug-likeness (QED) is 0.768. The molecule has 0 saturated heterocycles. The van der Waals surface area contributed by atoms with Gasteiger partial charge in [0.1, 0.15) is 10.0 Å². The highest BCUT2D eigenvalue weighted by Gasteiger charge is 2.19. The molecule has 3 N–H and O–H groups in total. The number of anilines is 1. The molecule has 0 spiro atoms. The van der Waals surface area contributed by atoms with Crippen molar-refractivity contribution in [3.8, 4) is 0 Å². The first-order valence-corrected chi connectivity index (χ1v) is 6.69. The van der Waals surface area contributed by atoms with E-state index in [9.17, 15) is 13.2 Å². The van der Waals surface area contributed by atoms with E-state index in [1.807, 2.05) is 0 Å². The van der Waals surface area contributed by atoms with Crippen LogP contribution in [0.25, 0.3) is 0 Å². The molecular weight excluding hydrogens is 266 g/mol. The molecule has 0 saturated carbocycles. The Morgan fingerprint density at radius 1 is 1.53 bits per heavy atom. The van der Waals surface area contributed by atoms with Crippen molar-refractivity contribution in [2.75, 3.05) is 4.72 Å². The second kappa shape index (κ2) is 4.18. The van der Waals surface area contributed by atoms with Crippen molar-refractivity contribution >= 4 is 33.1 Å². The average molecular weight is 273 g/mol. The zero-order valence-electron chi connectivity index (χ0n) is 8.25. The van der Waals surface area contributed by atoms with Crippen LogP contribution in [0.1, 0.15) is 10.4 Å². The van der Waals surface area contributed by atoms with Crippen LogP contribution >= 0.6 is 11.3 Å². The molecule has 90 valence electrons. The Hall–Kier alpha value is -1.87.